The number of nitrogens with zero attached hydrogens (tertiary/aromatic N) is 1. The summed E-state index contributed by atoms with van der Waals surface area (Å²) in [7, 11) is 0. The molecule has 0 bridgehead atoms. The number of rotatable bonds is 2. The highest BCUT2D eigenvalue weighted by molar-refractivity contribution is 5.94. The number of phenols is 1. The monoisotopic (exact) mass is 421 g/mol. The molecule has 0 atom stereocenters. The summed E-state index contributed by atoms with van der Waals surface area (Å²) in [5, 5.41) is 21.1. The third-order valence-corrected chi connectivity index (χ3v) is 7.59. The lowest BCUT2D eigenvalue weighted by molar-refractivity contribution is -0.251. The van der Waals surface area contributed by atoms with Crippen molar-refractivity contribution < 1.29 is 24.1 Å². The highest BCUT2D eigenvalue weighted by atomic mass is 19.1. The van der Waals surface area contributed by atoms with Crippen LogP contribution >= 0.6 is 0 Å². The topological polar surface area (TPSA) is 71.7 Å². The number of carboxylic acids is 1. The lowest BCUT2D eigenvalue weighted by Crippen LogP contribution is -2.58. The number of ether oxygens (including phenoxy) is 1. The third kappa shape index (κ3) is 2.48. The molecule has 2 saturated carbocycles. The second-order valence-corrected chi connectivity index (χ2v) is 9.51. The summed E-state index contributed by atoms with van der Waals surface area (Å²) in [4.78, 5) is 11.6. The van der Waals surface area contributed by atoms with E-state index in [1.165, 1.54) is 6.07 Å². The van der Waals surface area contributed by atoms with Crippen molar-refractivity contribution in [2.75, 3.05) is 0 Å². The van der Waals surface area contributed by atoms with Gasteiger partial charge in [-0.1, -0.05) is 6.07 Å². The van der Waals surface area contributed by atoms with Gasteiger partial charge in [0.25, 0.3) is 0 Å². The average molecular weight is 421 g/mol. The van der Waals surface area contributed by atoms with Crippen molar-refractivity contribution in [3.63, 3.8) is 0 Å². The quantitative estimate of drug-likeness (QED) is 0.613. The summed E-state index contributed by atoms with van der Waals surface area (Å²) in [6, 6.07) is 10.5. The number of hydrogen-bond donors (Lipinski definition) is 2. The fourth-order valence-electron chi connectivity index (χ4n) is 5.95. The third-order valence-electron chi connectivity index (χ3n) is 7.59. The smallest absolute Gasteiger partial charge is 0.306 e. The summed E-state index contributed by atoms with van der Waals surface area (Å²) < 4.78 is 22.9. The Balaban J connectivity index is 1.65. The van der Waals surface area contributed by atoms with Gasteiger partial charge in [0.15, 0.2) is 0 Å². The van der Waals surface area contributed by atoms with Crippen molar-refractivity contribution in [2.45, 2.75) is 56.7 Å². The van der Waals surface area contributed by atoms with E-state index in [2.05, 4.69) is 4.57 Å². The van der Waals surface area contributed by atoms with Gasteiger partial charge in [0.1, 0.15) is 11.6 Å². The molecule has 2 heterocycles. The molecule has 6 heteroatoms. The lowest BCUT2D eigenvalue weighted by atomic mass is 9.62. The normalized spacial score (nSPS) is 25.9. The molecule has 2 aromatic carbocycles. The summed E-state index contributed by atoms with van der Waals surface area (Å²) in [5.41, 5.74) is 3.23. The predicted octanol–water partition coefficient (Wildman–Crippen LogP) is 4.97. The van der Waals surface area contributed by atoms with Crippen molar-refractivity contribution in [2.24, 2.45) is 5.92 Å². The molecule has 5 nitrogen and oxygen atoms in total. The van der Waals surface area contributed by atoms with E-state index in [0.29, 0.717) is 24.8 Å². The zero-order valence-electron chi connectivity index (χ0n) is 17.3. The number of carboxylic acid groups (broad SMARTS) is 1. The fraction of sp³-hybridized carbons (Fsp3) is 0.400. The second-order valence-electron chi connectivity index (χ2n) is 9.51. The van der Waals surface area contributed by atoms with Gasteiger partial charge in [0.05, 0.1) is 22.6 Å². The predicted molar refractivity (Wildman–Crippen MR) is 113 cm³/mol. The first-order valence-electron chi connectivity index (χ1n) is 10.9. The van der Waals surface area contributed by atoms with Crippen LogP contribution < -0.4 is 0 Å². The molecule has 1 aromatic heterocycles. The maximum Gasteiger partial charge on any atom is 0.306 e. The highest BCUT2D eigenvalue weighted by Gasteiger charge is 2.60. The highest BCUT2D eigenvalue weighted by Crippen LogP contribution is 2.61. The van der Waals surface area contributed by atoms with Crippen LogP contribution in [0.2, 0.25) is 0 Å². The molecule has 2 aliphatic carbocycles. The van der Waals surface area contributed by atoms with Crippen molar-refractivity contribution in [3.8, 4) is 11.4 Å². The summed E-state index contributed by atoms with van der Waals surface area (Å²) >= 11 is 0. The largest absolute Gasteiger partial charge is 0.507 e. The first-order chi connectivity index (χ1) is 14.8. The molecule has 3 aromatic rings. The Bertz CT molecular complexity index is 1250. The minimum absolute atomic E-state index is 0.164. The molecule has 0 radical (unpaired) electrons. The molecule has 6 rings (SSSR count). The van der Waals surface area contributed by atoms with Crippen LogP contribution in [0.15, 0.2) is 36.4 Å². The molecule has 2 N–H and O–H groups in total. The number of halogens is 1. The van der Waals surface area contributed by atoms with Crippen LogP contribution in [0, 0.1) is 18.7 Å². The van der Waals surface area contributed by atoms with E-state index in [4.69, 9.17) is 4.74 Å². The van der Waals surface area contributed by atoms with Crippen molar-refractivity contribution >= 4 is 16.9 Å². The average Bonchev–Trinajstić information content (AvgIpc) is 3.01. The van der Waals surface area contributed by atoms with Gasteiger partial charge < -0.3 is 19.5 Å². The Morgan fingerprint density at radius 3 is 2.65 bits per heavy atom. The molecule has 0 unspecified atom stereocenters. The molecule has 2 fully saturated rings. The second kappa shape index (κ2) is 6.10. The minimum Gasteiger partial charge on any atom is -0.507 e. The fourth-order valence-corrected chi connectivity index (χ4v) is 5.95. The Labute approximate surface area is 179 Å². The molecular formula is C25H24FNO4. The molecule has 3 aliphatic rings. The van der Waals surface area contributed by atoms with E-state index >= 15 is 0 Å². The number of hydrogen-bond acceptors (Lipinski definition) is 3. The number of phenolic OH excluding ortho intramolecular Hbond substituents is 1. The van der Waals surface area contributed by atoms with Crippen LogP contribution in [0.5, 0.6) is 5.75 Å². The van der Waals surface area contributed by atoms with E-state index < -0.39 is 17.5 Å². The summed E-state index contributed by atoms with van der Waals surface area (Å²) in [6.07, 6.45) is 4.50. The molecule has 1 aliphatic heterocycles. The van der Waals surface area contributed by atoms with Crippen molar-refractivity contribution in [3.05, 3.63) is 59.0 Å². The number of benzene rings is 2. The van der Waals surface area contributed by atoms with Crippen LogP contribution in [-0.4, -0.2) is 26.4 Å². The maximum atomic E-state index is 14.0. The van der Waals surface area contributed by atoms with Gasteiger partial charge in [-0.05, 0) is 74.9 Å². The Morgan fingerprint density at radius 1 is 1.23 bits per heavy atom. The van der Waals surface area contributed by atoms with Gasteiger partial charge in [0.2, 0.25) is 0 Å². The van der Waals surface area contributed by atoms with Crippen LogP contribution in [0.25, 0.3) is 16.6 Å². The molecule has 2 spiro atoms. The zero-order chi connectivity index (χ0) is 21.5. The van der Waals surface area contributed by atoms with Gasteiger partial charge in [-0.15, -0.1) is 0 Å². The number of fused-ring (bicyclic) bond motifs is 4. The molecule has 160 valence electrons. The molecule has 0 saturated heterocycles. The standard InChI is InChI=1S/C25H24FNO4/c1-14-10-16(6-7-17(14)26)27-18-4-2-5-20(28)21(18)22-19(27)13-24(8-3-9-24)31-25(22)11-15(12-25)23(29)30/h2,4-7,10,15,28H,3,8-9,11-13H2,1H3,(H,29,30). The summed E-state index contributed by atoms with van der Waals surface area (Å²) in [6.45, 7) is 1.75. The number of aliphatic carboxylic acids is 1. The van der Waals surface area contributed by atoms with Crippen LogP contribution in [0.1, 0.15) is 48.9 Å². The van der Waals surface area contributed by atoms with Crippen LogP contribution in [0.3, 0.4) is 0 Å². The number of aromatic nitrogens is 1. The van der Waals surface area contributed by atoms with Crippen LogP contribution in [-0.2, 0) is 21.6 Å². The number of aromatic hydroxyl groups is 1. The van der Waals surface area contributed by atoms with Gasteiger partial charge in [-0.25, -0.2) is 4.39 Å². The van der Waals surface area contributed by atoms with E-state index in [1.807, 2.05) is 18.2 Å². The zero-order valence-corrected chi connectivity index (χ0v) is 17.3. The Morgan fingerprint density at radius 2 is 2.00 bits per heavy atom. The SMILES string of the molecule is Cc1cc(-n2c3c(c4c(O)cccc42)C2(CC(C(=O)O)C2)OC2(CCC2)C3)ccc1F. The Hall–Kier alpha value is -2.86. The van der Waals surface area contributed by atoms with Gasteiger partial charge in [0, 0.05) is 28.8 Å². The van der Waals surface area contributed by atoms with E-state index in [9.17, 15) is 19.4 Å². The minimum atomic E-state index is -0.800. The molecule has 31 heavy (non-hydrogen) atoms. The first-order valence-corrected chi connectivity index (χ1v) is 10.9. The van der Waals surface area contributed by atoms with Crippen molar-refractivity contribution in [1.82, 2.24) is 4.57 Å². The number of aryl methyl sites for hydroxylation is 1. The molecule has 0 amide bonds. The van der Waals surface area contributed by atoms with Crippen molar-refractivity contribution in [1.29, 1.82) is 0 Å². The Kier molecular flexibility index (Phi) is 3.71. The first kappa shape index (κ1) is 18.9. The van der Waals surface area contributed by atoms with E-state index in [1.54, 1.807) is 19.1 Å². The van der Waals surface area contributed by atoms with Gasteiger partial charge in [-0.3, -0.25) is 4.79 Å². The van der Waals surface area contributed by atoms with Gasteiger partial charge in [-0.2, -0.15) is 0 Å². The number of carbonyl (C=O) groups is 1. The van der Waals surface area contributed by atoms with Crippen LogP contribution in [0.4, 0.5) is 4.39 Å². The maximum absolute atomic E-state index is 14.0. The summed E-state index contributed by atoms with van der Waals surface area (Å²) in [5.74, 6) is -1.33. The van der Waals surface area contributed by atoms with E-state index in [-0.39, 0.29) is 17.2 Å². The lowest BCUT2D eigenvalue weighted by Gasteiger charge is -2.57. The van der Waals surface area contributed by atoms with E-state index in [0.717, 1.165) is 47.1 Å². The molecular weight excluding hydrogens is 397 g/mol. The van der Waals surface area contributed by atoms with Gasteiger partial charge >= 0.3 is 5.97 Å².